The summed E-state index contributed by atoms with van der Waals surface area (Å²) in [6.07, 6.45) is 65.2. The van der Waals surface area contributed by atoms with Crippen LogP contribution in [0.5, 0.6) is 0 Å². The zero-order chi connectivity index (χ0) is 48.0. The van der Waals surface area contributed by atoms with Crippen LogP contribution in [0.15, 0.2) is 24.3 Å². The molecule has 9 heteroatoms. The van der Waals surface area contributed by atoms with Crippen LogP contribution in [0.4, 0.5) is 0 Å². The van der Waals surface area contributed by atoms with Gasteiger partial charge in [0.1, 0.15) is 6.10 Å². The zero-order valence-electron chi connectivity index (χ0n) is 44.0. The molecule has 0 amide bonds. The number of carbonyl (C=O) groups excluding carboxylic acids is 1. The quantitative estimate of drug-likeness (QED) is 0.0268. The van der Waals surface area contributed by atoms with Crippen molar-refractivity contribution in [2.75, 3.05) is 33.0 Å². The number of phosphoric ester groups is 1. The Labute approximate surface area is 410 Å². The van der Waals surface area contributed by atoms with Crippen molar-refractivity contribution in [1.29, 1.82) is 0 Å². The number of esters is 1. The summed E-state index contributed by atoms with van der Waals surface area (Å²) in [6, 6.07) is 0. The Hall–Kier alpha value is -1.02. The fourth-order valence-corrected chi connectivity index (χ4v) is 9.39. The highest BCUT2D eigenvalue weighted by atomic mass is 31.2. The molecule has 0 aliphatic heterocycles. The van der Waals surface area contributed by atoms with Gasteiger partial charge >= 0.3 is 13.8 Å². The lowest BCUT2D eigenvalue weighted by Gasteiger charge is -2.20. The van der Waals surface area contributed by atoms with Crippen molar-refractivity contribution in [1.82, 2.24) is 0 Å². The van der Waals surface area contributed by atoms with E-state index in [1.54, 1.807) is 0 Å². The average molecular weight is 954 g/mol. The molecular formula is C57H112NO7P. The van der Waals surface area contributed by atoms with E-state index in [2.05, 4.69) is 38.2 Å². The third-order valence-corrected chi connectivity index (χ3v) is 13.9. The van der Waals surface area contributed by atoms with Gasteiger partial charge in [0.25, 0.3) is 0 Å². The van der Waals surface area contributed by atoms with Crippen molar-refractivity contribution in [3.8, 4) is 0 Å². The first-order valence-corrected chi connectivity index (χ1v) is 30.3. The molecule has 8 nitrogen and oxygen atoms in total. The van der Waals surface area contributed by atoms with Gasteiger partial charge in [0.15, 0.2) is 0 Å². The number of phosphoric acid groups is 1. The van der Waals surface area contributed by atoms with Gasteiger partial charge in [-0.2, -0.15) is 0 Å². The summed E-state index contributed by atoms with van der Waals surface area (Å²) in [4.78, 5) is 22.7. The fourth-order valence-electron chi connectivity index (χ4n) is 8.62. The van der Waals surface area contributed by atoms with Crippen molar-refractivity contribution in [2.24, 2.45) is 5.73 Å². The lowest BCUT2D eigenvalue weighted by molar-refractivity contribution is -0.154. The van der Waals surface area contributed by atoms with Crippen LogP contribution < -0.4 is 5.73 Å². The molecular weight excluding hydrogens is 842 g/mol. The predicted octanol–water partition coefficient (Wildman–Crippen LogP) is 18.3. The first kappa shape index (κ1) is 65.0. The summed E-state index contributed by atoms with van der Waals surface area (Å²) in [5.41, 5.74) is 5.40. The first-order chi connectivity index (χ1) is 32.4. The maximum Gasteiger partial charge on any atom is 0.472 e. The van der Waals surface area contributed by atoms with Gasteiger partial charge in [0.05, 0.1) is 19.8 Å². The molecule has 2 atom stereocenters. The normalized spacial score (nSPS) is 13.3. The van der Waals surface area contributed by atoms with Gasteiger partial charge in [-0.1, -0.05) is 269 Å². The molecule has 0 spiro atoms. The summed E-state index contributed by atoms with van der Waals surface area (Å²) in [5, 5.41) is 0. The summed E-state index contributed by atoms with van der Waals surface area (Å²) < 4.78 is 33.7. The molecule has 0 aromatic heterocycles. The molecule has 0 aromatic carbocycles. The number of hydrogen-bond donors (Lipinski definition) is 2. The van der Waals surface area contributed by atoms with Crippen LogP contribution in [0, 0.1) is 0 Å². The Morgan fingerprint density at radius 1 is 0.455 bits per heavy atom. The number of carbonyl (C=O) groups is 1. The topological polar surface area (TPSA) is 117 Å². The Kier molecular flexibility index (Phi) is 54.1. The van der Waals surface area contributed by atoms with E-state index in [0.717, 1.165) is 38.5 Å². The minimum absolute atomic E-state index is 0.0927. The standard InChI is InChI=1S/C57H112NO7P/c1-3-5-7-9-11-13-15-17-19-21-23-25-27-29-31-33-35-37-39-41-43-45-47-49-52-62-54-56(55-64-66(60,61)63-53-51-58)65-57(59)50-48-46-44-42-40-38-36-34-32-30-28-26-24-22-20-18-16-14-12-10-8-6-4-2/h15,17,21,23,56H,3-14,16,18-20,22,24-55,58H2,1-2H3,(H,60,61)/b17-15-,23-21-. The highest BCUT2D eigenvalue weighted by Gasteiger charge is 2.25. The van der Waals surface area contributed by atoms with Crippen LogP contribution >= 0.6 is 7.82 Å². The minimum atomic E-state index is -4.28. The van der Waals surface area contributed by atoms with Crippen molar-refractivity contribution in [3.05, 3.63) is 24.3 Å². The highest BCUT2D eigenvalue weighted by molar-refractivity contribution is 7.47. The number of rotatable bonds is 56. The van der Waals surface area contributed by atoms with Crippen LogP contribution in [0.1, 0.15) is 296 Å². The van der Waals surface area contributed by atoms with Gasteiger partial charge < -0.3 is 20.1 Å². The van der Waals surface area contributed by atoms with E-state index < -0.39 is 13.9 Å². The van der Waals surface area contributed by atoms with E-state index in [1.165, 1.54) is 238 Å². The van der Waals surface area contributed by atoms with Crippen molar-refractivity contribution >= 4 is 13.8 Å². The van der Waals surface area contributed by atoms with Crippen LogP contribution in [-0.4, -0.2) is 49.9 Å². The highest BCUT2D eigenvalue weighted by Crippen LogP contribution is 2.43. The molecule has 0 aliphatic carbocycles. The number of hydrogen-bond acceptors (Lipinski definition) is 7. The monoisotopic (exact) mass is 954 g/mol. The minimum Gasteiger partial charge on any atom is -0.457 e. The summed E-state index contributed by atoms with van der Waals surface area (Å²) in [5.74, 6) is -0.323. The van der Waals surface area contributed by atoms with Crippen LogP contribution in [0.25, 0.3) is 0 Å². The van der Waals surface area contributed by atoms with Gasteiger partial charge in [0, 0.05) is 19.6 Å². The molecule has 0 rings (SSSR count). The molecule has 3 N–H and O–H groups in total. The number of unbranched alkanes of at least 4 members (excludes halogenated alkanes) is 39. The molecule has 0 aromatic rings. The lowest BCUT2D eigenvalue weighted by Crippen LogP contribution is -2.28. The van der Waals surface area contributed by atoms with Gasteiger partial charge in [-0.05, 0) is 44.9 Å². The summed E-state index contributed by atoms with van der Waals surface area (Å²) in [7, 11) is -4.28. The second kappa shape index (κ2) is 54.9. The molecule has 0 fully saturated rings. The molecule has 392 valence electrons. The SMILES string of the molecule is CCCCCCC/C=C\C/C=C\CCCCCCCCCCCCCCOCC(COP(=O)(O)OCCN)OC(=O)CCCCCCCCCCCCCCCCCCCCCCCCC. The van der Waals surface area contributed by atoms with Crippen LogP contribution in [-0.2, 0) is 27.9 Å². The van der Waals surface area contributed by atoms with Crippen LogP contribution in [0.2, 0.25) is 0 Å². The molecule has 0 saturated heterocycles. The number of allylic oxidation sites excluding steroid dienone is 4. The summed E-state index contributed by atoms with van der Waals surface area (Å²) >= 11 is 0. The smallest absolute Gasteiger partial charge is 0.457 e. The van der Waals surface area contributed by atoms with Gasteiger partial charge in [-0.3, -0.25) is 13.8 Å². The largest absolute Gasteiger partial charge is 0.472 e. The van der Waals surface area contributed by atoms with E-state index in [-0.39, 0.29) is 32.3 Å². The third-order valence-electron chi connectivity index (χ3n) is 12.9. The average Bonchev–Trinajstić information content (AvgIpc) is 3.31. The zero-order valence-corrected chi connectivity index (χ0v) is 44.9. The van der Waals surface area contributed by atoms with Crippen LogP contribution in [0.3, 0.4) is 0 Å². The second-order valence-electron chi connectivity index (χ2n) is 19.5. The Balaban J connectivity index is 3.85. The lowest BCUT2D eigenvalue weighted by atomic mass is 10.0. The Bertz CT molecular complexity index is 1070. The van der Waals surface area contributed by atoms with Gasteiger partial charge in [-0.15, -0.1) is 0 Å². The number of ether oxygens (including phenoxy) is 2. The maximum atomic E-state index is 12.7. The molecule has 0 heterocycles. The van der Waals surface area contributed by atoms with E-state index in [9.17, 15) is 14.3 Å². The predicted molar refractivity (Wildman–Crippen MR) is 284 cm³/mol. The van der Waals surface area contributed by atoms with E-state index >= 15 is 0 Å². The molecule has 0 bridgehead atoms. The molecule has 0 saturated carbocycles. The number of nitrogens with two attached hydrogens (primary N) is 1. The van der Waals surface area contributed by atoms with Gasteiger partial charge in [0.2, 0.25) is 0 Å². The molecule has 0 aliphatic rings. The summed E-state index contributed by atoms with van der Waals surface area (Å²) in [6.45, 7) is 4.98. The third kappa shape index (κ3) is 53.9. The molecule has 2 unspecified atom stereocenters. The van der Waals surface area contributed by atoms with E-state index in [0.29, 0.717) is 13.0 Å². The van der Waals surface area contributed by atoms with Crippen molar-refractivity contribution < 1.29 is 32.8 Å². The molecule has 0 radical (unpaired) electrons. The Morgan fingerprint density at radius 3 is 1.18 bits per heavy atom. The second-order valence-corrected chi connectivity index (χ2v) is 21.0. The Morgan fingerprint density at radius 2 is 0.803 bits per heavy atom. The van der Waals surface area contributed by atoms with Crippen molar-refractivity contribution in [3.63, 3.8) is 0 Å². The van der Waals surface area contributed by atoms with E-state index in [4.69, 9.17) is 24.3 Å². The fraction of sp³-hybridized carbons (Fsp3) is 0.912. The first-order valence-electron chi connectivity index (χ1n) is 28.8. The maximum absolute atomic E-state index is 12.7. The van der Waals surface area contributed by atoms with E-state index in [1.807, 2.05) is 0 Å². The van der Waals surface area contributed by atoms with Gasteiger partial charge in [-0.25, -0.2) is 4.57 Å². The molecule has 66 heavy (non-hydrogen) atoms. The van der Waals surface area contributed by atoms with Crippen molar-refractivity contribution in [2.45, 2.75) is 302 Å².